The molecule has 5 nitrogen and oxygen atoms in total. The summed E-state index contributed by atoms with van der Waals surface area (Å²) in [5.74, 6) is 0.198. The summed E-state index contributed by atoms with van der Waals surface area (Å²) in [6, 6.07) is 0. The van der Waals surface area contributed by atoms with E-state index in [4.69, 9.17) is 18.9 Å². The van der Waals surface area contributed by atoms with Crippen LogP contribution in [0.25, 0.3) is 0 Å². The Labute approximate surface area is 128 Å². The van der Waals surface area contributed by atoms with Crippen LogP contribution in [0.2, 0.25) is 0 Å². The first kappa shape index (κ1) is 18.4. The zero-order valence-corrected chi connectivity index (χ0v) is 14.2. The molecule has 0 spiro atoms. The van der Waals surface area contributed by atoms with E-state index in [0.717, 1.165) is 12.8 Å². The summed E-state index contributed by atoms with van der Waals surface area (Å²) < 4.78 is 22.0. The molecule has 5 heteroatoms. The first-order chi connectivity index (χ1) is 9.77. The fraction of sp³-hybridized carbons (Fsp3) is 0.938. The zero-order valence-electron chi connectivity index (χ0n) is 14.2. The summed E-state index contributed by atoms with van der Waals surface area (Å²) in [5, 5.41) is 0. The Kier molecular flexibility index (Phi) is 7.10. The van der Waals surface area contributed by atoms with E-state index in [0.29, 0.717) is 12.3 Å². The average Bonchev–Trinajstić information content (AvgIpc) is 2.43. The van der Waals surface area contributed by atoms with Crippen LogP contribution in [0.1, 0.15) is 47.0 Å². The van der Waals surface area contributed by atoms with E-state index < -0.39 is 5.41 Å². The summed E-state index contributed by atoms with van der Waals surface area (Å²) in [5.41, 5.74) is -0.490. The molecule has 1 saturated heterocycles. The average molecular weight is 302 g/mol. The Morgan fingerprint density at radius 1 is 1.29 bits per heavy atom. The largest absolute Gasteiger partial charge is 0.463 e. The Balaban J connectivity index is 2.42. The van der Waals surface area contributed by atoms with E-state index in [1.54, 1.807) is 14.2 Å². The third-order valence-corrected chi connectivity index (χ3v) is 3.84. The molecule has 1 heterocycles. The molecular weight excluding hydrogens is 272 g/mol. The molecule has 1 aliphatic rings. The number of hydrogen-bond acceptors (Lipinski definition) is 5. The molecule has 0 bridgehead atoms. The van der Waals surface area contributed by atoms with Gasteiger partial charge >= 0.3 is 5.97 Å². The lowest BCUT2D eigenvalue weighted by Crippen LogP contribution is -2.38. The van der Waals surface area contributed by atoms with Crippen LogP contribution >= 0.6 is 0 Å². The molecule has 4 atom stereocenters. The SMILES string of the molecule is CO[C@H](COC(=O)C(C)(C)C)C[C@@H]1CC[C@@H](C)[C@@H](OC)O1. The maximum absolute atomic E-state index is 11.8. The van der Waals surface area contributed by atoms with Gasteiger partial charge in [0, 0.05) is 26.6 Å². The lowest BCUT2D eigenvalue weighted by molar-refractivity contribution is -0.212. The van der Waals surface area contributed by atoms with E-state index >= 15 is 0 Å². The third kappa shape index (κ3) is 5.93. The summed E-state index contributed by atoms with van der Waals surface area (Å²) in [7, 11) is 3.30. The molecule has 0 amide bonds. The Hall–Kier alpha value is -0.650. The van der Waals surface area contributed by atoms with Crippen molar-refractivity contribution in [2.45, 2.75) is 65.5 Å². The van der Waals surface area contributed by atoms with E-state index in [2.05, 4.69) is 6.92 Å². The minimum atomic E-state index is -0.490. The Morgan fingerprint density at radius 3 is 2.48 bits per heavy atom. The molecule has 0 N–H and O–H groups in total. The minimum Gasteiger partial charge on any atom is -0.463 e. The van der Waals surface area contributed by atoms with Crippen LogP contribution in [-0.4, -0.2) is 45.3 Å². The van der Waals surface area contributed by atoms with Crippen molar-refractivity contribution in [3.63, 3.8) is 0 Å². The molecule has 0 aromatic heterocycles. The predicted molar refractivity (Wildman–Crippen MR) is 79.9 cm³/mol. The van der Waals surface area contributed by atoms with Gasteiger partial charge in [0.25, 0.3) is 0 Å². The molecule has 1 rings (SSSR count). The summed E-state index contributed by atoms with van der Waals surface area (Å²) in [4.78, 5) is 11.8. The van der Waals surface area contributed by atoms with E-state index in [-0.39, 0.29) is 31.1 Å². The minimum absolute atomic E-state index is 0.0874. The molecule has 0 aromatic carbocycles. The van der Waals surface area contributed by atoms with Crippen LogP contribution in [0.15, 0.2) is 0 Å². The van der Waals surface area contributed by atoms with Crippen LogP contribution in [0.4, 0.5) is 0 Å². The summed E-state index contributed by atoms with van der Waals surface area (Å²) >= 11 is 0. The number of esters is 1. The highest BCUT2D eigenvalue weighted by Crippen LogP contribution is 2.28. The lowest BCUT2D eigenvalue weighted by atomic mass is 9.95. The predicted octanol–water partition coefficient (Wildman–Crippen LogP) is 2.77. The molecule has 0 aromatic rings. The third-order valence-electron chi connectivity index (χ3n) is 3.84. The van der Waals surface area contributed by atoms with Gasteiger partial charge in [-0.1, -0.05) is 6.92 Å². The molecule has 21 heavy (non-hydrogen) atoms. The van der Waals surface area contributed by atoms with Crippen molar-refractivity contribution in [3.8, 4) is 0 Å². The molecule has 0 aliphatic carbocycles. The van der Waals surface area contributed by atoms with Gasteiger partial charge in [0.05, 0.1) is 17.6 Å². The molecule has 0 radical (unpaired) electrons. The second kappa shape index (κ2) is 8.11. The van der Waals surface area contributed by atoms with Crippen LogP contribution in [0.5, 0.6) is 0 Å². The van der Waals surface area contributed by atoms with Gasteiger partial charge in [-0.3, -0.25) is 4.79 Å². The van der Waals surface area contributed by atoms with Crippen molar-refractivity contribution < 1.29 is 23.7 Å². The van der Waals surface area contributed by atoms with Gasteiger partial charge in [-0.25, -0.2) is 0 Å². The quantitative estimate of drug-likeness (QED) is 0.706. The molecule has 124 valence electrons. The van der Waals surface area contributed by atoms with Gasteiger partial charge in [0.15, 0.2) is 6.29 Å². The van der Waals surface area contributed by atoms with Gasteiger partial charge in [0.2, 0.25) is 0 Å². The highest BCUT2D eigenvalue weighted by Gasteiger charge is 2.31. The van der Waals surface area contributed by atoms with Gasteiger partial charge in [-0.05, 0) is 33.6 Å². The lowest BCUT2D eigenvalue weighted by Gasteiger charge is -2.35. The number of carbonyl (C=O) groups excluding carboxylic acids is 1. The van der Waals surface area contributed by atoms with Crippen molar-refractivity contribution in [2.24, 2.45) is 11.3 Å². The van der Waals surface area contributed by atoms with Crippen molar-refractivity contribution in [1.82, 2.24) is 0 Å². The Bertz CT molecular complexity index is 323. The monoisotopic (exact) mass is 302 g/mol. The topological polar surface area (TPSA) is 54.0 Å². The zero-order chi connectivity index (χ0) is 16.0. The number of rotatable bonds is 6. The maximum Gasteiger partial charge on any atom is 0.311 e. The van der Waals surface area contributed by atoms with Crippen LogP contribution in [-0.2, 0) is 23.7 Å². The second-order valence-electron chi connectivity index (χ2n) is 6.86. The number of hydrogen-bond donors (Lipinski definition) is 0. The van der Waals surface area contributed by atoms with Gasteiger partial charge in [-0.15, -0.1) is 0 Å². The van der Waals surface area contributed by atoms with Gasteiger partial charge < -0.3 is 18.9 Å². The first-order valence-electron chi connectivity index (χ1n) is 7.66. The van der Waals surface area contributed by atoms with E-state index in [1.165, 1.54) is 0 Å². The van der Waals surface area contributed by atoms with Crippen molar-refractivity contribution in [1.29, 1.82) is 0 Å². The van der Waals surface area contributed by atoms with Crippen LogP contribution in [0, 0.1) is 11.3 Å². The highest BCUT2D eigenvalue weighted by molar-refractivity contribution is 5.75. The normalized spacial score (nSPS) is 28.2. The Morgan fingerprint density at radius 2 is 1.95 bits per heavy atom. The number of ether oxygens (including phenoxy) is 4. The smallest absolute Gasteiger partial charge is 0.311 e. The molecule has 0 saturated carbocycles. The fourth-order valence-corrected chi connectivity index (χ4v) is 2.35. The fourth-order valence-electron chi connectivity index (χ4n) is 2.35. The standard InChI is InChI=1S/C16H30O5/c1-11-7-8-12(21-14(11)19-6)9-13(18-5)10-20-15(17)16(2,3)4/h11-14H,7-10H2,1-6H3/t11-,12+,13+,14+/m1/s1. The van der Waals surface area contributed by atoms with Crippen molar-refractivity contribution in [3.05, 3.63) is 0 Å². The van der Waals surface area contributed by atoms with E-state index in [9.17, 15) is 4.79 Å². The van der Waals surface area contributed by atoms with E-state index in [1.807, 2.05) is 20.8 Å². The van der Waals surface area contributed by atoms with Crippen molar-refractivity contribution in [2.75, 3.05) is 20.8 Å². The summed E-state index contributed by atoms with van der Waals surface area (Å²) in [6.07, 6.45) is 2.55. The molecule has 1 aliphatic heterocycles. The molecule has 1 fully saturated rings. The highest BCUT2D eigenvalue weighted by atomic mass is 16.7. The van der Waals surface area contributed by atoms with Crippen molar-refractivity contribution >= 4 is 5.97 Å². The van der Waals surface area contributed by atoms with Gasteiger partial charge in [0.1, 0.15) is 6.61 Å². The first-order valence-corrected chi connectivity index (χ1v) is 7.66. The van der Waals surface area contributed by atoms with Crippen LogP contribution < -0.4 is 0 Å². The number of methoxy groups -OCH3 is 2. The number of carbonyl (C=O) groups is 1. The second-order valence-corrected chi connectivity index (χ2v) is 6.86. The molecule has 0 unspecified atom stereocenters. The summed E-state index contributed by atoms with van der Waals surface area (Å²) in [6.45, 7) is 7.91. The molecular formula is C16H30O5. The maximum atomic E-state index is 11.8. The van der Waals surface area contributed by atoms with Gasteiger partial charge in [-0.2, -0.15) is 0 Å². The van der Waals surface area contributed by atoms with Crippen LogP contribution in [0.3, 0.4) is 0 Å².